The van der Waals surface area contributed by atoms with Gasteiger partial charge in [-0.2, -0.15) is 0 Å². The highest BCUT2D eigenvalue weighted by Gasteiger charge is 2.39. The fourth-order valence-corrected chi connectivity index (χ4v) is 9.42. The summed E-state index contributed by atoms with van der Waals surface area (Å²) in [5.74, 6) is 2.00. The van der Waals surface area contributed by atoms with E-state index in [1.165, 1.54) is 14.2 Å². The Morgan fingerprint density at radius 2 is 1.27 bits per heavy atom. The van der Waals surface area contributed by atoms with Crippen molar-refractivity contribution in [2.24, 2.45) is 17.8 Å². The minimum absolute atomic E-state index is 0.123. The van der Waals surface area contributed by atoms with Crippen LogP contribution < -0.4 is 15.4 Å². The minimum Gasteiger partial charge on any atom is -0.485 e. The molecule has 2 fully saturated rings. The van der Waals surface area contributed by atoms with Crippen LogP contribution in [0.2, 0.25) is 0 Å². The highest BCUT2D eigenvalue weighted by atomic mass is 16.5. The fraction of sp³-hybridized carbons (Fsp3) is 0.489. The van der Waals surface area contributed by atoms with E-state index in [2.05, 4.69) is 75.8 Å². The SMILES string of the molecule is COC(=O)NC(C(=O)N1CCC[C@H]1c1ncc(-c2ccc3c(c2)OC(CC(C)C)c2c-3[nH]c3ccc(-c4cnc([C@@H]5CCCN5C(=O)C(NC(=O)OC)C(C)C)[nH]4)cc23)[nH]1)C(C)C. The number of benzene rings is 2. The van der Waals surface area contributed by atoms with Crippen molar-refractivity contribution in [2.75, 3.05) is 27.3 Å². The van der Waals surface area contributed by atoms with Crippen molar-refractivity contribution in [2.45, 2.75) is 104 Å². The number of carbonyl (C=O) groups is 4. The van der Waals surface area contributed by atoms with E-state index in [0.717, 1.165) is 88.1 Å². The number of imidazole rings is 2. The van der Waals surface area contributed by atoms with Gasteiger partial charge in [0.15, 0.2) is 0 Å². The van der Waals surface area contributed by atoms with Gasteiger partial charge in [0.25, 0.3) is 0 Å². The van der Waals surface area contributed by atoms with Crippen LogP contribution in [-0.4, -0.2) is 98.1 Å². The number of likely N-dealkylation sites (tertiary alicyclic amines) is 2. The van der Waals surface area contributed by atoms with Gasteiger partial charge in [-0.15, -0.1) is 0 Å². The molecule has 16 heteroatoms. The number of aromatic amines is 3. The van der Waals surface area contributed by atoms with Crippen LogP contribution in [0, 0.1) is 17.8 Å². The molecule has 334 valence electrons. The van der Waals surface area contributed by atoms with Gasteiger partial charge >= 0.3 is 12.2 Å². The number of alkyl carbamates (subject to hydrolysis) is 2. The first-order valence-corrected chi connectivity index (χ1v) is 22.1. The van der Waals surface area contributed by atoms with Crippen LogP contribution in [0.25, 0.3) is 44.7 Å². The molecule has 63 heavy (non-hydrogen) atoms. The summed E-state index contributed by atoms with van der Waals surface area (Å²) in [6, 6.07) is 10.7. The number of rotatable bonds is 12. The number of hydrogen-bond donors (Lipinski definition) is 5. The summed E-state index contributed by atoms with van der Waals surface area (Å²) in [6.07, 6.45) is 6.15. The number of H-pyrrole nitrogens is 3. The van der Waals surface area contributed by atoms with E-state index in [4.69, 9.17) is 24.2 Å². The lowest BCUT2D eigenvalue weighted by Crippen LogP contribution is -2.51. The van der Waals surface area contributed by atoms with Crippen LogP contribution >= 0.6 is 0 Å². The smallest absolute Gasteiger partial charge is 0.407 e. The molecular formula is C47H59N9O7. The molecule has 5 aromatic rings. The molecule has 2 aromatic carbocycles. The molecule has 16 nitrogen and oxygen atoms in total. The molecule has 3 aromatic heterocycles. The Morgan fingerprint density at radius 3 is 1.78 bits per heavy atom. The zero-order chi connectivity index (χ0) is 44.7. The maximum Gasteiger partial charge on any atom is 0.407 e. The third-order valence-corrected chi connectivity index (χ3v) is 12.7. The molecule has 3 aliphatic rings. The van der Waals surface area contributed by atoms with E-state index >= 15 is 0 Å². The van der Waals surface area contributed by atoms with Gasteiger partial charge in [-0.05, 0) is 74.1 Å². The average molecular weight is 862 g/mol. The molecule has 2 saturated heterocycles. The number of methoxy groups -OCH3 is 2. The standard InChI is InChI=1S/C47H59N9O7/c1-24(2)19-37-38-30-20-27(32-22-48-42(51-32)34-11-9-17-55(34)44(57)39(25(3)4)53-46(59)61-7)14-16-31(30)50-41(38)29-15-13-28(21-36(29)63-37)33-23-49-43(52-33)35-12-10-18-56(35)45(58)40(26(5)6)54-47(60)62-8/h13-16,20-26,34-35,37,39-40,50H,9-12,17-19H2,1-8H3,(H,48,51)(H,49,52)(H,53,59)(H,54,60)/t34-,35-,37?,39?,40?/m0/s1. The summed E-state index contributed by atoms with van der Waals surface area (Å²) in [7, 11) is 2.59. The van der Waals surface area contributed by atoms with Gasteiger partial charge in [-0.25, -0.2) is 19.6 Å². The quantitative estimate of drug-likeness (QED) is 0.0821. The Balaban J connectivity index is 1.05. The van der Waals surface area contributed by atoms with E-state index in [1.54, 1.807) is 0 Å². The van der Waals surface area contributed by atoms with Gasteiger partial charge < -0.3 is 49.6 Å². The molecule has 0 spiro atoms. The number of carbonyl (C=O) groups excluding carboxylic acids is 4. The van der Waals surface area contributed by atoms with Crippen molar-refractivity contribution in [1.29, 1.82) is 0 Å². The summed E-state index contributed by atoms with van der Waals surface area (Å²) < 4.78 is 16.5. The largest absolute Gasteiger partial charge is 0.485 e. The molecule has 0 bridgehead atoms. The Labute approximate surface area is 367 Å². The molecule has 8 rings (SSSR count). The number of ether oxygens (including phenoxy) is 3. The summed E-state index contributed by atoms with van der Waals surface area (Å²) >= 11 is 0. The number of amides is 4. The molecule has 0 radical (unpaired) electrons. The Morgan fingerprint density at radius 1 is 0.746 bits per heavy atom. The van der Waals surface area contributed by atoms with Crippen LogP contribution in [0.15, 0.2) is 48.8 Å². The van der Waals surface area contributed by atoms with Gasteiger partial charge in [0.1, 0.15) is 35.6 Å². The van der Waals surface area contributed by atoms with Gasteiger partial charge in [0.2, 0.25) is 11.8 Å². The maximum absolute atomic E-state index is 13.8. The molecule has 5 N–H and O–H groups in total. The van der Waals surface area contributed by atoms with E-state index in [9.17, 15) is 19.2 Å². The molecule has 6 heterocycles. The minimum atomic E-state index is -0.710. The van der Waals surface area contributed by atoms with Crippen molar-refractivity contribution in [3.8, 4) is 39.5 Å². The average Bonchev–Trinajstić information content (AvgIpc) is 4.12. The molecule has 3 unspecified atom stereocenters. The fourth-order valence-electron chi connectivity index (χ4n) is 9.42. The Bertz CT molecular complexity index is 2500. The van der Waals surface area contributed by atoms with E-state index in [0.29, 0.717) is 30.7 Å². The second kappa shape index (κ2) is 17.8. The van der Waals surface area contributed by atoms with E-state index in [1.807, 2.05) is 49.9 Å². The van der Waals surface area contributed by atoms with Crippen molar-refractivity contribution < 1.29 is 33.4 Å². The Hall–Kier alpha value is -6.32. The van der Waals surface area contributed by atoms with Gasteiger partial charge in [0, 0.05) is 46.2 Å². The third kappa shape index (κ3) is 8.46. The van der Waals surface area contributed by atoms with Crippen LogP contribution in [0.1, 0.15) is 109 Å². The first-order valence-electron chi connectivity index (χ1n) is 22.1. The Kier molecular flexibility index (Phi) is 12.3. The molecular weight excluding hydrogens is 803 g/mol. The lowest BCUT2D eigenvalue weighted by atomic mass is 9.91. The zero-order valence-electron chi connectivity index (χ0n) is 37.3. The summed E-state index contributed by atoms with van der Waals surface area (Å²) in [6.45, 7) is 13.2. The third-order valence-electron chi connectivity index (χ3n) is 12.7. The van der Waals surface area contributed by atoms with Crippen LogP contribution in [-0.2, 0) is 19.1 Å². The van der Waals surface area contributed by atoms with E-state index < -0.39 is 24.3 Å². The zero-order valence-corrected chi connectivity index (χ0v) is 37.3. The number of nitrogens with one attached hydrogen (secondary N) is 5. The van der Waals surface area contributed by atoms with Gasteiger partial charge in [0.05, 0.1) is 55.8 Å². The predicted octanol–water partition coefficient (Wildman–Crippen LogP) is 8.18. The number of hydrogen-bond acceptors (Lipinski definition) is 9. The highest BCUT2D eigenvalue weighted by molar-refractivity contribution is 5.96. The normalized spacial score (nSPS) is 19.3. The van der Waals surface area contributed by atoms with Crippen molar-refractivity contribution in [3.05, 3.63) is 66.0 Å². The first kappa shape index (κ1) is 43.3. The summed E-state index contributed by atoms with van der Waals surface area (Å²) in [5.41, 5.74) is 7.65. The number of fused-ring (bicyclic) bond motifs is 5. The second-order valence-electron chi connectivity index (χ2n) is 18.1. The maximum atomic E-state index is 13.8. The monoisotopic (exact) mass is 861 g/mol. The van der Waals surface area contributed by atoms with Crippen LogP contribution in [0.4, 0.5) is 9.59 Å². The van der Waals surface area contributed by atoms with Gasteiger partial charge in [-0.1, -0.05) is 53.7 Å². The number of nitrogens with zero attached hydrogens (tertiary/aromatic N) is 4. The molecule has 5 atom stereocenters. The highest BCUT2D eigenvalue weighted by Crippen LogP contribution is 2.49. The van der Waals surface area contributed by atoms with Crippen molar-refractivity contribution in [3.63, 3.8) is 0 Å². The predicted molar refractivity (Wildman–Crippen MR) is 237 cm³/mol. The molecule has 3 aliphatic heterocycles. The molecule has 0 saturated carbocycles. The van der Waals surface area contributed by atoms with Crippen molar-refractivity contribution in [1.82, 2.24) is 45.4 Å². The lowest BCUT2D eigenvalue weighted by molar-refractivity contribution is -0.136. The first-order chi connectivity index (χ1) is 30.3. The summed E-state index contributed by atoms with van der Waals surface area (Å²) in [5, 5.41) is 6.50. The van der Waals surface area contributed by atoms with Crippen LogP contribution in [0.5, 0.6) is 5.75 Å². The lowest BCUT2D eigenvalue weighted by Gasteiger charge is -2.30. The second-order valence-corrected chi connectivity index (χ2v) is 18.1. The van der Waals surface area contributed by atoms with E-state index in [-0.39, 0.29) is 41.8 Å². The molecule has 0 aliphatic carbocycles. The van der Waals surface area contributed by atoms with Crippen LogP contribution in [0.3, 0.4) is 0 Å². The van der Waals surface area contributed by atoms with Gasteiger partial charge in [-0.3, -0.25) is 9.59 Å². The molecule has 4 amide bonds. The summed E-state index contributed by atoms with van der Waals surface area (Å²) in [4.78, 5) is 75.6. The van der Waals surface area contributed by atoms with Crippen molar-refractivity contribution >= 4 is 34.9 Å². The topological polar surface area (TPSA) is 200 Å². The number of aromatic nitrogens is 5.